The summed E-state index contributed by atoms with van der Waals surface area (Å²) in [6, 6.07) is 6.74. The molecule has 0 heterocycles. The molecule has 1 heteroatoms. The highest BCUT2D eigenvalue weighted by Crippen LogP contribution is 2.24. The Morgan fingerprint density at radius 3 is 2.33 bits per heavy atom. The lowest BCUT2D eigenvalue weighted by Crippen LogP contribution is -2.01. The third-order valence-corrected chi connectivity index (χ3v) is 3.07. The second-order valence-electron chi connectivity index (χ2n) is 5.86. The summed E-state index contributed by atoms with van der Waals surface area (Å²) in [5, 5.41) is 0. The molecule has 1 rings (SSSR count). The van der Waals surface area contributed by atoms with Crippen LogP contribution in [0, 0.1) is 5.92 Å². The van der Waals surface area contributed by atoms with E-state index in [-0.39, 0.29) is 0 Å². The molecule has 0 aliphatic heterocycles. The fraction of sp³-hybridized carbons (Fsp3) is 0.647. The molecule has 0 aliphatic carbocycles. The second kappa shape index (κ2) is 7.45. The smallest absolute Gasteiger partial charge is 0.119 e. The summed E-state index contributed by atoms with van der Waals surface area (Å²) in [5.74, 6) is 2.30. The Morgan fingerprint density at radius 1 is 1.06 bits per heavy atom. The molecule has 0 aromatic heterocycles. The fourth-order valence-corrected chi connectivity index (χ4v) is 2.03. The van der Waals surface area contributed by atoms with Crippen LogP contribution in [0.2, 0.25) is 0 Å². The molecular weight excluding hydrogens is 220 g/mol. The van der Waals surface area contributed by atoms with Gasteiger partial charge in [0, 0.05) is 0 Å². The van der Waals surface area contributed by atoms with Crippen molar-refractivity contribution in [2.75, 3.05) is 6.61 Å². The van der Waals surface area contributed by atoms with Crippen molar-refractivity contribution in [2.24, 2.45) is 5.92 Å². The summed E-state index contributed by atoms with van der Waals surface area (Å²) in [5.41, 5.74) is 2.79. The Labute approximate surface area is 113 Å². The van der Waals surface area contributed by atoms with Gasteiger partial charge in [-0.15, -0.1) is 0 Å². The third-order valence-electron chi connectivity index (χ3n) is 3.07. The van der Waals surface area contributed by atoms with Gasteiger partial charge in [-0.2, -0.15) is 0 Å². The van der Waals surface area contributed by atoms with Gasteiger partial charge in [-0.25, -0.2) is 0 Å². The largest absolute Gasteiger partial charge is 0.494 e. The van der Waals surface area contributed by atoms with Gasteiger partial charge in [0.05, 0.1) is 6.61 Å². The molecule has 0 N–H and O–H groups in total. The standard InChI is InChI=1S/C17H28O/c1-6-7-8-18-17-11-15(9-13(2)3)10-16(12-17)14(4)5/h10-14H,6-9H2,1-5H3. The summed E-state index contributed by atoms with van der Waals surface area (Å²) < 4.78 is 5.86. The molecule has 0 unspecified atom stereocenters. The first kappa shape index (κ1) is 15.1. The molecule has 1 aromatic carbocycles. The van der Waals surface area contributed by atoms with Crippen molar-refractivity contribution in [1.82, 2.24) is 0 Å². The number of unbranched alkanes of at least 4 members (excludes halogenated alkanes) is 1. The van der Waals surface area contributed by atoms with E-state index in [4.69, 9.17) is 4.74 Å². The predicted octanol–water partition coefficient (Wildman–Crippen LogP) is 5.19. The SMILES string of the molecule is CCCCOc1cc(CC(C)C)cc(C(C)C)c1. The van der Waals surface area contributed by atoms with E-state index in [1.165, 1.54) is 17.5 Å². The lowest BCUT2D eigenvalue weighted by Gasteiger charge is -2.14. The minimum atomic E-state index is 0.561. The maximum absolute atomic E-state index is 5.86. The summed E-state index contributed by atoms with van der Waals surface area (Å²) >= 11 is 0. The van der Waals surface area contributed by atoms with E-state index >= 15 is 0 Å². The minimum Gasteiger partial charge on any atom is -0.494 e. The molecule has 0 atom stereocenters. The summed E-state index contributed by atoms with van der Waals surface area (Å²) in [4.78, 5) is 0. The van der Waals surface area contributed by atoms with E-state index in [1.807, 2.05) is 0 Å². The molecular formula is C17H28O. The van der Waals surface area contributed by atoms with Gasteiger partial charge in [-0.1, -0.05) is 47.1 Å². The topological polar surface area (TPSA) is 9.23 Å². The zero-order valence-corrected chi connectivity index (χ0v) is 12.6. The van der Waals surface area contributed by atoms with Crippen LogP contribution in [0.4, 0.5) is 0 Å². The lowest BCUT2D eigenvalue weighted by molar-refractivity contribution is 0.308. The van der Waals surface area contributed by atoms with Crippen LogP contribution in [0.5, 0.6) is 5.75 Å². The van der Waals surface area contributed by atoms with Crippen molar-refractivity contribution < 1.29 is 4.74 Å². The van der Waals surface area contributed by atoms with Gasteiger partial charge in [-0.05, 0) is 47.9 Å². The van der Waals surface area contributed by atoms with Crippen LogP contribution in [0.3, 0.4) is 0 Å². The first-order valence-electron chi connectivity index (χ1n) is 7.29. The van der Waals surface area contributed by atoms with Crippen LogP contribution in [-0.4, -0.2) is 6.61 Å². The van der Waals surface area contributed by atoms with Gasteiger partial charge in [-0.3, -0.25) is 0 Å². The van der Waals surface area contributed by atoms with Crippen molar-refractivity contribution in [3.05, 3.63) is 29.3 Å². The highest BCUT2D eigenvalue weighted by atomic mass is 16.5. The highest BCUT2D eigenvalue weighted by molar-refractivity contribution is 5.36. The van der Waals surface area contributed by atoms with E-state index in [1.54, 1.807) is 0 Å². The number of hydrogen-bond donors (Lipinski definition) is 0. The van der Waals surface area contributed by atoms with E-state index in [9.17, 15) is 0 Å². The number of rotatable bonds is 7. The van der Waals surface area contributed by atoms with Crippen LogP contribution in [0.25, 0.3) is 0 Å². The van der Waals surface area contributed by atoms with Crippen molar-refractivity contribution in [3.63, 3.8) is 0 Å². The van der Waals surface area contributed by atoms with Crippen molar-refractivity contribution in [2.45, 2.75) is 59.8 Å². The van der Waals surface area contributed by atoms with Crippen molar-refractivity contribution >= 4 is 0 Å². The van der Waals surface area contributed by atoms with Crippen LogP contribution in [-0.2, 0) is 6.42 Å². The molecule has 0 bridgehead atoms. The molecule has 0 aliphatic rings. The number of ether oxygens (including phenoxy) is 1. The summed E-state index contributed by atoms with van der Waals surface area (Å²) in [7, 11) is 0. The molecule has 0 saturated carbocycles. The Hall–Kier alpha value is -0.980. The molecule has 1 nitrogen and oxygen atoms in total. The van der Waals surface area contributed by atoms with E-state index in [2.05, 4.69) is 52.8 Å². The first-order valence-corrected chi connectivity index (χ1v) is 7.29. The van der Waals surface area contributed by atoms with E-state index in [0.29, 0.717) is 11.8 Å². The van der Waals surface area contributed by atoms with Gasteiger partial charge in [0.15, 0.2) is 0 Å². The summed E-state index contributed by atoms with van der Waals surface area (Å²) in [6.45, 7) is 12.0. The Bertz CT molecular complexity index is 353. The maximum Gasteiger partial charge on any atom is 0.119 e. The summed E-state index contributed by atoms with van der Waals surface area (Å²) in [6.07, 6.45) is 3.44. The average Bonchev–Trinajstić information content (AvgIpc) is 2.28. The molecule has 0 radical (unpaired) electrons. The molecule has 1 aromatic rings. The number of benzene rings is 1. The molecule has 102 valence electrons. The van der Waals surface area contributed by atoms with Crippen molar-refractivity contribution in [1.29, 1.82) is 0 Å². The quantitative estimate of drug-likeness (QED) is 0.604. The molecule has 0 saturated heterocycles. The van der Waals surface area contributed by atoms with Gasteiger partial charge < -0.3 is 4.74 Å². The van der Waals surface area contributed by atoms with Crippen LogP contribution in [0.1, 0.15) is 64.5 Å². The Kier molecular flexibility index (Phi) is 6.24. The average molecular weight is 248 g/mol. The first-order chi connectivity index (χ1) is 8.52. The molecule has 18 heavy (non-hydrogen) atoms. The highest BCUT2D eigenvalue weighted by Gasteiger charge is 2.07. The second-order valence-corrected chi connectivity index (χ2v) is 5.86. The monoisotopic (exact) mass is 248 g/mol. The van der Waals surface area contributed by atoms with E-state index < -0.39 is 0 Å². The van der Waals surface area contributed by atoms with Gasteiger partial charge >= 0.3 is 0 Å². The predicted molar refractivity (Wildman–Crippen MR) is 79.5 cm³/mol. The minimum absolute atomic E-state index is 0.561. The Morgan fingerprint density at radius 2 is 1.78 bits per heavy atom. The van der Waals surface area contributed by atoms with Crippen LogP contribution >= 0.6 is 0 Å². The van der Waals surface area contributed by atoms with Gasteiger partial charge in [0.2, 0.25) is 0 Å². The maximum atomic E-state index is 5.86. The number of hydrogen-bond acceptors (Lipinski definition) is 1. The Balaban J connectivity index is 2.84. The normalized spacial score (nSPS) is 11.3. The zero-order chi connectivity index (χ0) is 13.5. The zero-order valence-electron chi connectivity index (χ0n) is 12.6. The van der Waals surface area contributed by atoms with Crippen LogP contribution in [0.15, 0.2) is 18.2 Å². The lowest BCUT2D eigenvalue weighted by atomic mass is 9.96. The van der Waals surface area contributed by atoms with E-state index in [0.717, 1.165) is 25.2 Å². The fourth-order valence-electron chi connectivity index (χ4n) is 2.03. The van der Waals surface area contributed by atoms with Crippen molar-refractivity contribution in [3.8, 4) is 5.75 Å². The molecule has 0 fully saturated rings. The van der Waals surface area contributed by atoms with Crippen LogP contribution < -0.4 is 4.74 Å². The van der Waals surface area contributed by atoms with Gasteiger partial charge in [0.1, 0.15) is 5.75 Å². The molecule has 0 amide bonds. The third kappa shape index (κ3) is 5.12. The van der Waals surface area contributed by atoms with Gasteiger partial charge in [0.25, 0.3) is 0 Å². The molecule has 0 spiro atoms.